The average Bonchev–Trinajstić information content (AvgIpc) is 2.50. The quantitative estimate of drug-likeness (QED) is 0.533. The van der Waals surface area contributed by atoms with Crippen LogP contribution in [0.15, 0.2) is 0 Å². The van der Waals surface area contributed by atoms with Crippen molar-refractivity contribution >= 4 is 11.6 Å². The van der Waals surface area contributed by atoms with E-state index in [0.29, 0.717) is 0 Å². The largest absolute Gasteiger partial charge is 0.299 e. The first-order valence-electron chi connectivity index (χ1n) is 4.61. The standard InChI is InChI=1S/C9H14N4O2/c1-9(2,3)7(15)5-6(14)8-10-12-13(4)11-8/h5H2,1-4H3. The summed E-state index contributed by atoms with van der Waals surface area (Å²) in [6, 6.07) is 0. The molecule has 0 fully saturated rings. The van der Waals surface area contributed by atoms with Gasteiger partial charge in [-0.25, -0.2) is 0 Å². The smallest absolute Gasteiger partial charge is 0.240 e. The van der Waals surface area contributed by atoms with Gasteiger partial charge in [-0.1, -0.05) is 20.8 Å². The Labute approximate surface area is 87.7 Å². The number of hydrogen-bond acceptors (Lipinski definition) is 5. The molecule has 1 heterocycles. The predicted molar refractivity (Wildman–Crippen MR) is 52.2 cm³/mol. The Bertz CT molecular complexity index is 389. The van der Waals surface area contributed by atoms with Crippen LogP contribution in [0.3, 0.4) is 0 Å². The Kier molecular flexibility index (Phi) is 2.97. The van der Waals surface area contributed by atoms with Crippen LogP contribution in [0.25, 0.3) is 0 Å². The third kappa shape index (κ3) is 2.93. The minimum absolute atomic E-state index is 0.00454. The summed E-state index contributed by atoms with van der Waals surface area (Å²) < 4.78 is 0. The molecule has 0 aliphatic rings. The van der Waals surface area contributed by atoms with Crippen molar-refractivity contribution in [1.29, 1.82) is 0 Å². The SMILES string of the molecule is Cn1nnc(C(=O)CC(=O)C(C)(C)C)n1. The molecule has 0 saturated carbocycles. The average molecular weight is 210 g/mol. The monoisotopic (exact) mass is 210 g/mol. The summed E-state index contributed by atoms with van der Waals surface area (Å²) in [4.78, 5) is 24.3. The molecule has 0 aliphatic carbocycles. The molecule has 15 heavy (non-hydrogen) atoms. The van der Waals surface area contributed by atoms with Crippen molar-refractivity contribution in [2.24, 2.45) is 12.5 Å². The molecule has 0 saturated heterocycles. The molecule has 1 rings (SSSR count). The number of rotatable bonds is 3. The molecule has 0 spiro atoms. The van der Waals surface area contributed by atoms with Gasteiger partial charge in [-0.05, 0) is 5.21 Å². The number of carbonyl (C=O) groups excluding carboxylic acids is 2. The first-order valence-corrected chi connectivity index (χ1v) is 4.61. The molecule has 82 valence electrons. The number of hydrogen-bond donors (Lipinski definition) is 0. The van der Waals surface area contributed by atoms with Crippen LogP contribution in [-0.2, 0) is 11.8 Å². The molecular formula is C9H14N4O2. The van der Waals surface area contributed by atoms with Gasteiger partial charge < -0.3 is 0 Å². The van der Waals surface area contributed by atoms with E-state index >= 15 is 0 Å². The van der Waals surface area contributed by atoms with Crippen molar-refractivity contribution in [3.05, 3.63) is 5.82 Å². The number of Topliss-reactive ketones (excluding diaryl/α,β-unsaturated/α-hetero) is 2. The van der Waals surface area contributed by atoms with E-state index in [-0.39, 0.29) is 23.8 Å². The second kappa shape index (κ2) is 3.88. The van der Waals surface area contributed by atoms with E-state index in [1.807, 2.05) is 0 Å². The van der Waals surface area contributed by atoms with E-state index < -0.39 is 5.41 Å². The third-order valence-electron chi connectivity index (χ3n) is 1.92. The van der Waals surface area contributed by atoms with Gasteiger partial charge in [0.05, 0.1) is 13.5 Å². The maximum Gasteiger partial charge on any atom is 0.240 e. The van der Waals surface area contributed by atoms with Gasteiger partial charge in [0.25, 0.3) is 0 Å². The van der Waals surface area contributed by atoms with Crippen molar-refractivity contribution in [2.75, 3.05) is 0 Å². The number of ketones is 2. The maximum absolute atomic E-state index is 11.6. The van der Waals surface area contributed by atoms with Crippen molar-refractivity contribution in [3.63, 3.8) is 0 Å². The summed E-state index contributed by atoms with van der Waals surface area (Å²) in [6.07, 6.45) is -0.171. The molecule has 0 bridgehead atoms. The number of aromatic nitrogens is 4. The van der Waals surface area contributed by atoms with Crippen LogP contribution in [0.5, 0.6) is 0 Å². The molecular weight excluding hydrogens is 196 g/mol. The van der Waals surface area contributed by atoms with Gasteiger partial charge >= 0.3 is 0 Å². The maximum atomic E-state index is 11.6. The minimum atomic E-state index is -0.516. The number of tetrazole rings is 1. The van der Waals surface area contributed by atoms with Gasteiger partial charge in [0.2, 0.25) is 11.6 Å². The number of nitrogens with zero attached hydrogens (tertiary/aromatic N) is 4. The molecule has 0 atom stereocenters. The summed E-state index contributed by atoms with van der Waals surface area (Å²) in [7, 11) is 1.56. The summed E-state index contributed by atoms with van der Waals surface area (Å²) in [5, 5.41) is 10.8. The van der Waals surface area contributed by atoms with Gasteiger partial charge in [0.15, 0.2) is 0 Å². The third-order valence-corrected chi connectivity index (χ3v) is 1.92. The lowest BCUT2D eigenvalue weighted by Crippen LogP contribution is -2.23. The zero-order chi connectivity index (χ0) is 11.6. The normalized spacial score (nSPS) is 11.5. The minimum Gasteiger partial charge on any atom is -0.299 e. The zero-order valence-corrected chi connectivity index (χ0v) is 9.31. The van der Waals surface area contributed by atoms with Crippen LogP contribution >= 0.6 is 0 Å². The van der Waals surface area contributed by atoms with Gasteiger partial charge in [0.1, 0.15) is 5.78 Å². The van der Waals surface area contributed by atoms with E-state index in [1.54, 1.807) is 27.8 Å². The Morgan fingerprint density at radius 1 is 1.33 bits per heavy atom. The molecule has 1 aromatic heterocycles. The summed E-state index contributed by atoms with van der Waals surface area (Å²) >= 11 is 0. The van der Waals surface area contributed by atoms with Crippen LogP contribution in [0.4, 0.5) is 0 Å². The summed E-state index contributed by atoms with van der Waals surface area (Å²) in [5.74, 6) is -0.516. The number of carbonyl (C=O) groups is 2. The van der Waals surface area contributed by atoms with Crippen LogP contribution < -0.4 is 0 Å². The fraction of sp³-hybridized carbons (Fsp3) is 0.667. The highest BCUT2D eigenvalue weighted by Crippen LogP contribution is 2.17. The molecule has 0 unspecified atom stereocenters. The Balaban J connectivity index is 2.69. The first kappa shape index (κ1) is 11.5. The van der Waals surface area contributed by atoms with E-state index in [1.165, 1.54) is 4.80 Å². The van der Waals surface area contributed by atoms with E-state index in [2.05, 4.69) is 15.4 Å². The van der Waals surface area contributed by atoms with Gasteiger partial charge in [0, 0.05) is 5.41 Å². The first-order chi connectivity index (χ1) is 6.80. The van der Waals surface area contributed by atoms with Crippen LogP contribution in [-0.4, -0.2) is 31.8 Å². The number of aryl methyl sites for hydroxylation is 1. The fourth-order valence-corrected chi connectivity index (χ4v) is 0.886. The van der Waals surface area contributed by atoms with Crippen molar-refractivity contribution in [1.82, 2.24) is 20.2 Å². The fourth-order valence-electron chi connectivity index (χ4n) is 0.886. The Morgan fingerprint density at radius 3 is 2.33 bits per heavy atom. The van der Waals surface area contributed by atoms with Crippen molar-refractivity contribution in [2.45, 2.75) is 27.2 Å². The molecule has 0 amide bonds. The molecule has 0 N–H and O–H groups in total. The van der Waals surface area contributed by atoms with Crippen LogP contribution in [0.2, 0.25) is 0 Å². The highest BCUT2D eigenvalue weighted by Gasteiger charge is 2.25. The summed E-state index contributed by atoms with van der Waals surface area (Å²) in [5.41, 5.74) is -0.516. The molecule has 0 radical (unpaired) electrons. The van der Waals surface area contributed by atoms with Crippen molar-refractivity contribution < 1.29 is 9.59 Å². The van der Waals surface area contributed by atoms with Gasteiger partial charge in [-0.2, -0.15) is 4.80 Å². The summed E-state index contributed by atoms with van der Waals surface area (Å²) in [6.45, 7) is 5.31. The van der Waals surface area contributed by atoms with E-state index in [0.717, 1.165) is 0 Å². The Hall–Kier alpha value is -1.59. The highest BCUT2D eigenvalue weighted by molar-refractivity contribution is 6.07. The molecule has 6 heteroatoms. The molecule has 6 nitrogen and oxygen atoms in total. The van der Waals surface area contributed by atoms with E-state index in [4.69, 9.17) is 0 Å². The van der Waals surface area contributed by atoms with Crippen molar-refractivity contribution in [3.8, 4) is 0 Å². The van der Waals surface area contributed by atoms with E-state index in [9.17, 15) is 9.59 Å². The van der Waals surface area contributed by atoms with Gasteiger partial charge in [-0.15, -0.1) is 10.2 Å². The van der Waals surface area contributed by atoms with Gasteiger partial charge in [-0.3, -0.25) is 9.59 Å². The highest BCUT2D eigenvalue weighted by atomic mass is 16.2. The second-order valence-electron chi connectivity index (χ2n) is 4.38. The topological polar surface area (TPSA) is 77.7 Å². The lowest BCUT2D eigenvalue weighted by Gasteiger charge is -2.14. The lowest BCUT2D eigenvalue weighted by molar-refractivity contribution is -0.125. The van der Waals surface area contributed by atoms with Crippen LogP contribution in [0, 0.1) is 5.41 Å². The van der Waals surface area contributed by atoms with Crippen LogP contribution in [0.1, 0.15) is 37.8 Å². The lowest BCUT2D eigenvalue weighted by atomic mass is 9.88. The molecule has 0 aliphatic heterocycles. The predicted octanol–water partition coefficient (Wildman–Crippen LogP) is 0.398. The molecule has 1 aromatic rings. The Morgan fingerprint density at radius 2 is 1.93 bits per heavy atom. The second-order valence-corrected chi connectivity index (χ2v) is 4.38. The molecule has 0 aromatic carbocycles. The zero-order valence-electron chi connectivity index (χ0n) is 9.31.